The fourth-order valence-electron chi connectivity index (χ4n) is 2.21. The number of rotatable bonds is 1. The maximum Gasteiger partial charge on any atom is 0.255 e. The van der Waals surface area contributed by atoms with Crippen LogP contribution in [0.25, 0.3) is 0 Å². The Morgan fingerprint density at radius 2 is 2.29 bits per heavy atom. The lowest BCUT2D eigenvalue weighted by molar-refractivity contribution is 0.0682. The molecule has 0 saturated carbocycles. The van der Waals surface area contributed by atoms with Crippen molar-refractivity contribution in [3.63, 3.8) is 0 Å². The number of piperidine rings is 1. The van der Waals surface area contributed by atoms with Gasteiger partial charge in [0.05, 0.1) is 5.56 Å². The largest absolute Gasteiger partial charge is 0.338 e. The molecular weight excluding hydrogens is 393 g/mol. The number of hydrogen-bond acceptors (Lipinski definition) is 1. The number of amides is 1. The normalized spacial score (nSPS) is 20.4. The Labute approximate surface area is 124 Å². The molecule has 1 aromatic rings. The third-order valence-corrected chi connectivity index (χ3v) is 5.62. The molecule has 4 heteroatoms. The summed E-state index contributed by atoms with van der Waals surface area (Å²) in [5.74, 6) is 0.774. The van der Waals surface area contributed by atoms with Gasteiger partial charge in [-0.1, -0.05) is 13.0 Å². The van der Waals surface area contributed by atoms with E-state index < -0.39 is 0 Å². The lowest BCUT2D eigenvalue weighted by atomic mass is 9.99. The van der Waals surface area contributed by atoms with Gasteiger partial charge in [0.2, 0.25) is 0 Å². The maximum atomic E-state index is 12.4. The zero-order valence-electron chi connectivity index (χ0n) is 9.75. The number of nitrogens with zero attached hydrogens (tertiary/aromatic N) is 1. The quantitative estimate of drug-likeness (QED) is 0.646. The van der Waals surface area contributed by atoms with E-state index in [2.05, 4.69) is 45.4 Å². The van der Waals surface area contributed by atoms with Crippen molar-refractivity contribution in [2.45, 2.75) is 19.8 Å². The minimum absolute atomic E-state index is 0.155. The van der Waals surface area contributed by atoms with Gasteiger partial charge >= 0.3 is 0 Å². The first kappa shape index (κ1) is 13.3. The van der Waals surface area contributed by atoms with E-state index in [0.29, 0.717) is 5.92 Å². The predicted octanol–water partition coefficient (Wildman–Crippen LogP) is 3.93. The van der Waals surface area contributed by atoms with E-state index in [0.717, 1.165) is 33.1 Å². The van der Waals surface area contributed by atoms with Gasteiger partial charge in [0.15, 0.2) is 0 Å². The van der Waals surface area contributed by atoms with Gasteiger partial charge in [0.25, 0.3) is 5.91 Å². The summed E-state index contributed by atoms with van der Waals surface area (Å²) in [6.45, 7) is 3.99. The van der Waals surface area contributed by atoms with Gasteiger partial charge in [-0.2, -0.15) is 0 Å². The Morgan fingerprint density at radius 1 is 1.53 bits per heavy atom. The number of halogens is 2. The third kappa shape index (κ3) is 3.02. The summed E-state index contributed by atoms with van der Waals surface area (Å²) in [5, 5.41) is 0. The van der Waals surface area contributed by atoms with Crippen LogP contribution < -0.4 is 0 Å². The highest BCUT2D eigenvalue weighted by molar-refractivity contribution is 14.1. The monoisotopic (exact) mass is 407 g/mol. The molecule has 2 nitrogen and oxygen atoms in total. The second kappa shape index (κ2) is 5.69. The number of benzene rings is 1. The highest BCUT2D eigenvalue weighted by Crippen LogP contribution is 2.26. The van der Waals surface area contributed by atoms with Crippen LogP contribution in [0.4, 0.5) is 0 Å². The van der Waals surface area contributed by atoms with E-state index in [1.165, 1.54) is 6.42 Å². The van der Waals surface area contributed by atoms with E-state index in [1.807, 2.05) is 23.1 Å². The minimum atomic E-state index is 0.155. The highest BCUT2D eigenvalue weighted by atomic mass is 127. The molecule has 0 N–H and O–H groups in total. The molecule has 1 fully saturated rings. The molecule has 1 saturated heterocycles. The van der Waals surface area contributed by atoms with Crippen molar-refractivity contribution in [1.29, 1.82) is 0 Å². The first-order chi connectivity index (χ1) is 8.09. The molecule has 2 rings (SSSR count). The Balaban J connectivity index is 2.22. The van der Waals surface area contributed by atoms with Gasteiger partial charge in [-0.15, -0.1) is 0 Å². The summed E-state index contributed by atoms with van der Waals surface area (Å²) in [7, 11) is 0. The maximum absolute atomic E-state index is 12.4. The molecule has 0 bridgehead atoms. The van der Waals surface area contributed by atoms with Crippen LogP contribution in [0, 0.1) is 9.49 Å². The minimum Gasteiger partial charge on any atom is -0.338 e. The van der Waals surface area contributed by atoms with Crippen LogP contribution in [-0.2, 0) is 0 Å². The second-order valence-electron chi connectivity index (χ2n) is 4.60. The Morgan fingerprint density at radius 3 is 3.00 bits per heavy atom. The number of carbonyl (C=O) groups excluding carboxylic acids is 1. The molecule has 1 aliphatic rings. The molecule has 1 amide bonds. The van der Waals surface area contributed by atoms with Crippen LogP contribution in [0.5, 0.6) is 0 Å². The number of carbonyl (C=O) groups is 1. The van der Waals surface area contributed by atoms with Gasteiger partial charge < -0.3 is 4.90 Å². The van der Waals surface area contributed by atoms with E-state index in [-0.39, 0.29) is 5.91 Å². The summed E-state index contributed by atoms with van der Waals surface area (Å²) in [5.41, 5.74) is 0.783. The predicted molar refractivity (Wildman–Crippen MR) is 81.2 cm³/mol. The molecule has 1 heterocycles. The van der Waals surface area contributed by atoms with E-state index in [1.54, 1.807) is 0 Å². The highest BCUT2D eigenvalue weighted by Gasteiger charge is 2.23. The molecule has 1 atom stereocenters. The van der Waals surface area contributed by atoms with Crippen LogP contribution in [0.3, 0.4) is 0 Å². The molecular formula is C13H15BrINO. The summed E-state index contributed by atoms with van der Waals surface area (Å²) < 4.78 is 2.00. The molecule has 1 unspecified atom stereocenters. The number of hydrogen-bond donors (Lipinski definition) is 0. The Hall–Kier alpha value is -0.100. The molecule has 0 spiro atoms. The van der Waals surface area contributed by atoms with Crippen molar-refractivity contribution in [3.8, 4) is 0 Å². The van der Waals surface area contributed by atoms with Crippen LogP contribution in [0.2, 0.25) is 0 Å². The van der Waals surface area contributed by atoms with Crippen molar-refractivity contribution in [3.05, 3.63) is 31.8 Å². The molecule has 92 valence electrons. The fraction of sp³-hybridized carbons (Fsp3) is 0.462. The second-order valence-corrected chi connectivity index (χ2v) is 6.56. The smallest absolute Gasteiger partial charge is 0.255 e. The number of likely N-dealkylation sites (tertiary alicyclic amines) is 1. The van der Waals surface area contributed by atoms with Crippen molar-refractivity contribution in [2.24, 2.45) is 5.92 Å². The average molecular weight is 408 g/mol. The van der Waals surface area contributed by atoms with Crippen LogP contribution in [0.1, 0.15) is 30.1 Å². The van der Waals surface area contributed by atoms with Gasteiger partial charge in [0.1, 0.15) is 0 Å². The summed E-state index contributed by atoms with van der Waals surface area (Å²) >= 11 is 5.75. The topological polar surface area (TPSA) is 20.3 Å². The standard InChI is InChI=1S/C13H15BrINO/c1-9-4-3-7-16(8-9)13(17)10-5-2-6-11(15)12(10)14/h2,5-6,9H,3-4,7-8H2,1H3. The zero-order valence-corrected chi connectivity index (χ0v) is 13.5. The lowest BCUT2D eigenvalue weighted by Gasteiger charge is -2.31. The van der Waals surface area contributed by atoms with Gasteiger partial charge in [-0.3, -0.25) is 4.79 Å². The van der Waals surface area contributed by atoms with E-state index in [4.69, 9.17) is 0 Å². The molecule has 0 aromatic heterocycles. The Bertz CT molecular complexity index is 435. The summed E-state index contributed by atoms with van der Waals surface area (Å²) in [6.07, 6.45) is 2.35. The van der Waals surface area contributed by atoms with Gasteiger partial charge in [0, 0.05) is 21.1 Å². The first-order valence-corrected chi connectivity index (χ1v) is 7.70. The summed E-state index contributed by atoms with van der Waals surface area (Å²) in [4.78, 5) is 14.4. The zero-order chi connectivity index (χ0) is 12.4. The van der Waals surface area contributed by atoms with Crippen LogP contribution in [0.15, 0.2) is 22.7 Å². The average Bonchev–Trinajstić information content (AvgIpc) is 2.32. The Kier molecular flexibility index (Phi) is 4.47. The first-order valence-electron chi connectivity index (χ1n) is 5.83. The van der Waals surface area contributed by atoms with Crippen molar-refractivity contribution < 1.29 is 4.79 Å². The van der Waals surface area contributed by atoms with Gasteiger partial charge in [-0.05, 0) is 69.4 Å². The molecule has 17 heavy (non-hydrogen) atoms. The fourth-order valence-corrected chi connectivity index (χ4v) is 3.15. The van der Waals surface area contributed by atoms with E-state index in [9.17, 15) is 4.79 Å². The molecule has 1 aliphatic heterocycles. The van der Waals surface area contributed by atoms with Gasteiger partial charge in [-0.25, -0.2) is 0 Å². The van der Waals surface area contributed by atoms with Crippen molar-refractivity contribution >= 4 is 44.4 Å². The van der Waals surface area contributed by atoms with Crippen LogP contribution in [-0.4, -0.2) is 23.9 Å². The third-order valence-electron chi connectivity index (χ3n) is 3.13. The lowest BCUT2D eigenvalue weighted by Crippen LogP contribution is -2.39. The molecule has 0 radical (unpaired) electrons. The summed E-state index contributed by atoms with van der Waals surface area (Å²) in [6, 6.07) is 5.83. The van der Waals surface area contributed by atoms with Crippen LogP contribution >= 0.6 is 38.5 Å². The molecule has 1 aromatic carbocycles. The SMILES string of the molecule is CC1CCCN(C(=O)c2cccc(I)c2Br)C1. The van der Waals surface area contributed by atoms with E-state index >= 15 is 0 Å². The molecule has 0 aliphatic carbocycles. The van der Waals surface area contributed by atoms with Crippen molar-refractivity contribution in [1.82, 2.24) is 4.90 Å². The van der Waals surface area contributed by atoms with Crippen molar-refractivity contribution in [2.75, 3.05) is 13.1 Å².